The van der Waals surface area contributed by atoms with Gasteiger partial charge in [-0.2, -0.15) is 0 Å². The van der Waals surface area contributed by atoms with Gasteiger partial charge in [-0.1, -0.05) is 23.9 Å². The average Bonchev–Trinajstić information content (AvgIpc) is 2.69. The van der Waals surface area contributed by atoms with Crippen molar-refractivity contribution in [3.8, 4) is 0 Å². The lowest BCUT2D eigenvalue weighted by Gasteiger charge is -2.13. The number of anilines is 1. The van der Waals surface area contributed by atoms with Crippen LogP contribution in [0.3, 0.4) is 0 Å². The van der Waals surface area contributed by atoms with Gasteiger partial charge in [-0.25, -0.2) is 17.7 Å². The molecular weight excluding hydrogens is 418 g/mol. The maximum atomic E-state index is 12.4. The summed E-state index contributed by atoms with van der Waals surface area (Å²) in [6.07, 6.45) is 0. The van der Waals surface area contributed by atoms with Crippen LogP contribution in [0.5, 0.6) is 0 Å². The Bertz CT molecular complexity index is 1220. The summed E-state index contributed by atoms with van der Waals surface area (Å²) in [5.41, 5.74) is 4.61. The van der Waals surface area contributed by atoms with Crippen LogP contribution in [0, 0.1) is 20.8 Å². The Morgan fingerprint density at radius 3 is 2.50 bits per heavy atom. The zero-order valence-electron chi connectivity index (χ0n) is 17.7. The molecular formula is C22H25N3O3S2. The van der Waals surface area contributed by atoms with Crippen LogP contribution in [-0.2, 0) is 14.8 Å². The molecule has 30 heavy (non-hydrogen) atoms. The number of rotatable bonds is 6. The number of thioether (sulfide) groups is 1. The number of nitrogens with zero attached hydrogens (tertiary/aromatic N) is 2. The number of benzene rings is 2. The molecule has 0 saturated heterocycles. The standard InChI is InChI=1S/C22H25N3O3S2/c1-14-7-6-8-19(16(14)3)23-21(26)13-29-22-11-15(2)18-12-17(9-10-20(18)24-22)30(27,28)25(4)5/h6-12H,13H2,1-5H3,(H,23,26). The Labute approximate surface area is 181 Å². The smallest absolute Gasteiger partial charge is 0.242 e. The molecule has 1 N–H and O–H groups in total. The first-order valence-electron chi connectivity index (χ1n) is 9.42. The van der Waals surface area contributed by atoms with Crippen LogP contribution < -0.4 is 5.32 Å². The van der Waals surface area contributed by atoms with Crippen LogP contribution in [0.25, 0.3) is 10.9 Å². The van der Waals surface area contributed by atoms with E-state index in [1.165, 1.54) is 30.2 Å². The maximum absolute atomic E-state index is 12.4. The van der Waals surface area contributed by atoms with Gasteiger partial charge >= 0.3 is 0 Å². The van der Waals surface area contributed by atoms with E-state index in [0.717, 1.165) is 32.8 Å². The summed E-state index contributed by atoms with van der Waals surface area (Å²) in [6.45, 7) is 5.91. The van der Waals surface area contributed by atoms with E-state index >= 15 is 0 Å². The number of hydrogen-bond acceptors (Lipinski definition) is 5. The molecule has 0 aliphatic carbocycles. The molecule has 3 rings (SSSR count). The second-order valence-corrected chi connectivity index (χ2v) is 10.5. The maximum Gasteiger partial charge on any atom is 0.242 e. The van der Waals surface area contributed by atoms with Crippen molar-refractivity contribution in [1.82, 2.24) is 9.29 Å². The topological polar surface area (TPSA) is 79.4 Å². The number of pyridine rings is 1. The first kappa shape index (κ1) is 22.3. The van der Waals surface area contributed by atoms with Crippen LogP contribution in [0.2, 0.25) is 0 Å². The molecule has 0 saturated carbocycles. The van der Waals surface area contributed by atoms with Gasteiger partial charge in [0.25, 0.3) is 0 Å². The molecule has 0 bridgehead atoms. The van der Waals surface area contributed by atoms with Crippen LogP contribution >= 0.6 is 11.8 Å². The fraction of sp³-hybridized carbons (Fsp3) is 0.273. The number of aromatic nitrogens is 1. The molecule has 158 valence electrons. The van der Waals surface area contributed by atoms with Gasteiger partial charge in [-0.3, -0.25) is 4.79 Å². The molecule has 0 radical (unpaired) electrons. The van der Waals surface area contributed by atoms with Crippen molar-refractivity contribution >= 4 is 44.3 Å². The molecule has 0 spiro atoms. The van der Waals surface area contributed by atoms with Crippen molar-refractivity contribution in [2.75, 3.05) is 25.2 Å². The number of nitrogens with one attached hydrogen (secondary N) is 1. The van der Waals surface area contributed by atoms with Gasteiger partial charge in [0.15, 0.2) is 0 Å². The zero-order valence-corrected chi connectivity index (χ0v) is 19.3. The van der Waals surface area contributed by atoms with Crippen LogP contribution in [0.15, 0.2) is 52.4 Å². The molecule has 1 aromatic heterocycles. The Morgan fingerprint density at radius 2 is 1.80 bits per heavy atom. The van der Waals surface area contributed by atoms with Crippen LogP contribution in [0.1, 0.15) is 16.7 Å². The fourth-order valence-corrected chi connectivity index (χ4v) is 4.70. The van der Waals surface area contributed by atoms with Crippen LogP contribution in [0.4, 0.5) is 5.69 Å². The summed E-state index contributed by atoms with van der Waals surface area (Å²) in [5.74, 6) is 0.138. The van der Waals surface area contributed by atoms with Crippen molar-refractivity contribution in [3.05, 3.63) is 59.2 Å². The summed E-state index contributed by atoms with van der Waals surface area (Å²) in [7, 11) is -0.490. The first-order chi connectivity index (χ1) is 14.1. The highest BCUT2D eigenvalue weighted by atomic mass is 32.2. The predicted molar refractivity (Wildman–Crippen MR) is 123 cm³/mol. The van der Waals surface area contributed by atoms with Gasteiger partial charge in [-0.05, 0) is 67.8 Å². The number of amides is 1. The first-order valence-corrected chi connectivity index (χ1v) is 11.8. The van der Waals surface area contributed by atoms with E-state index in [1.807, 2.05) is 45.0 Å². The molecule has 0 fully saturated rings. The van der Waals surface area contributed by atoms with Crippen molar-refractivity contribution < 1.29 is 13.2 Å². The summed E-state index contributed by atoms with van der Waals surface area (Å²) >= 11 is 1.35. The van der Waals surface area contributed by atoms with E-state index in [0.29, 0.717) is 5.52 Å². The number of hydrogen-bond donors (Lipinski definition) is 1. The van der Waals surface area contributed by atoms with Gasteiger partial charge in [0.1, 0.15) is 0 Å². The van der Waals surface area contributed by atoms with Gasteiger partial charge < -0.3 is 5.32 Å². The van der Waals surface area contributed by atoms with Gasteiger partial charge in [0, 0.05) is 25.2 Å². The molecule has 0 aliphatic rings. The number of fused-ring (bicyclic) bond motifs is 1. The van der Waals surface area contributed by atoms with E-state index in [2.05, 4.69) is 10.3 Å². The highest BCUT2D eigenvalue weighted by Crippen LogP contribution is 2.27. The third-order valence-electron chi connectivity index (χ3n) is 4.97. The molecule has 2 aromatic carbocycles. The lowest BCUT2D eigenvalue weighted by atomic mass is 10.1. The number of carbonyl (C=O) groups is 1. The fourth-order valence-electron chi connectivity index (χ4n) is 3.00. The van der Waals surface area contributed by atoms with E-state index in [9.17, 15) is 13.2 Å². The largest absolute Gasteiger partial charge is 0.325 e. The minimum Gasteiger partial charge on any atom is -0.325 e. The van der Waals surface area contributed by atoms with Gasteiger partial charge in [-0.15, -0.1) is 0 Å². The van der Waals surface area contributed by atoms with Crippen molar-refractivity contribution in [2.24, 2.45) is 0 Å². The van der Waals surface area contributed by atoms with E-state index in [1.54, 1.807) is 18.2 Å². The highest BCUT2D eigenvalue weighted by Gasteiger charge is 2.18. The third-order valence-corrected chi connectivity index (χ3v) is 7.69. The normalized spacial score (nSPS) is 11.8. The Morgan fingerprint density at radius 1 is 1.07 bits per heavy atom. The molecule has 0 aliphatic heterocycles. The minimum atomic E-state index is -3.51. The second kappa shape index (κ2) is 8.75. The van der Waals surface area contributed by atoms with E-state index in [-0.39, 0.29) is 16.6 Å². The Hall–Kier alpha value is -2.42. The van der Waals surface area contributed by atoms with E-state index in [4.69, 9.17) is 0 Å². The minimum absolute atomic E-state index is 0.0966. The quantitative estimate of drug-likeness (QED) is 0.579. The van der Waals surface area contributed by atoms with Crippen molar-refractivity contribution in [1.29, 1.82) is 0 Å². The summed E-state index contributed by atoms with van der Waals surface area (Å²) in [5, 5.41) is 4.45. The van der Waals surface area contributed by atoms with Crippen molar-refractivity contribution in [3.63, 3.8) is 0 Å². The molecule has 1 heterocycles. The number of carbonyl (C=O) groups excluding carboxylic acids is 1. The third kappa shape index (κ3) is 4.66. The van der Waals surface area contributed by atoms with Crippen molar-refractivity contribution in [2.45, 2.75) is 30.7 Å². The predicted octanol–water partition coefficient (Wildman–Crippen LogP) is 4.14. The molecule has 1 amide bonds. The van der Waals surface area contributed by atoms with Gasteiger partial charge in [0.05, 0.1) is 21.2 Å². The summed E-state index contributed by atoms with van der Waals surface area (Å²) in [6, 6.07) is 12.6. The molecule has 6 nitrogen and oxygen atoms in total. The highest BCUT2D eigenvalue weighted by molar-refractivity contribution is 7.99. The molecule has 3 aromatic rings. The van der Waals surface area contributed by atoms with E-state index < -0.39 is 10.0 Å². The lowest BCUT2D eigenvalue weighted by molar-refractivity contribution is -0.113. The number of sulfonamides is 1. The molecule has 0 unspecified atom stereocenters. The van der Waals surface area contributed by atoms with Crippen LogP contribution in [-0.4, -0.2) is 43.5 Å². The molecule has 8 heteroatoms. The zero-order chi connectivity index (χ0) is 22.1. The van der Waals surface area contributed by atoms with Gasteiger partial charge in [0.2, 0.25) is 15.9 Å². The average molecular weight is 444 g/mol. The monoisotopic (exact) mass is 443 g/mol. The summed E-state index contributed by atoms with van der Waals surface area (Å²) < 4.78 is 26.0. The molecule has 0 atom stereocenters. The Balaban J connectivity index is 1.77. The SMILES string of the molecule is Cc1cccc(NC(=O)CSc2cc(C)c3cc(S(=O)(=O)N(C)C)ccc3n2)c1C. The Kier molecular flexibility index (Phi) is 6.50. The second-order valence-electron chi connectivity index (χ2n) is 7.33. The summed E-state index contributed by atoms with van der Waals surface area (Å²) in [4.78, 5) is 17.2. The number of aryl methyl sites for hydroxylation is 2. The lowest BCUT2D eigenvalue weighted by Crippen LogP contribution is -2.22.